The largest absolute Gasteiger partial charge is 0.493 e. The van der Waals surface area contributed by atoms with Gasteiger partial charge in [-0.15, -0.1) is 11.3 Å². The average molecular weight is 405 g/mol. The van der Waals surface area contributed by atoms with Gasteiger partial charge in [-0.25, -0.2) is 4.98 Å². The fourth-order valence-corrected chi connectivity index (χ4v) is 3.67. The number of carboxylic acid groups (broad SMARTS) is 1. The van der Waals surface area contributed by atoms with Crippen molar-refractivity contribution in [1.29, 1.82) is 0 Å². The van der Waals surface area contributed by atoms with Crippen molar-refractivity contribution < 1.29 is 28.2 Å². The first-order valence-corrected chi connectivity index (χ1v) is 9.19. The van der Waals surface area contributed by atoms with Gasteiger partial charge in [0.05, 0.1) is 17.3 Å². The van der Waals surface area contributed by atoms with Gasteiger partial charge in [-0.05, 0) is 47.9 Å². The fraction of sp³-hybridized carbons (Fsp3) is 0.200. The van der Waals surface area contributed by atoms with Crippen molar-refractivity contribution in [2.75, 3.05) is 7.11 Å². The number of thiazole rings is 1. The standard InChI is InChI=1S/C20H17F2NO4S/c1-26-16-11-12(6-8-15(16)27-20(21)22)10-13(7-9-18(24)25)19-23-14-4-2-3-5-17(14)28-19/h2-6,8,10-11,20H,7,9H2,1H3,(H,24,25)/b13-10-. The molecular formula is C20H17F2NO4S. The number of para-hydroxylation sites is 1. The molecule has 2 aromatic carbocycles. The van der Waals surface area contributed by atoms with E-state index < -0.39 is 12.6 Å². The number of fused-ring (bicyclic) bond motifs is 1. The van der Waals surface area contributed by atoms with Crippen molar-refractivity contribution in [1.82, 2.24) is 4.98 Å². The Morgan fingerprint density at radius 1 is 1.21 bits per heavy atom. The van der Waals surface area contributed by atoms with Gasteiger partial charge in [-0.3, -0.25) is 4.79 Å². The Bertz CT molecular complexity index is 983. The smallest absolute Gasteiger partial charge is 0.387 e. The Balaban J connectivity index is 1.99. The highest BCUT2D eigenvalue weighted by Gasteiger charge is 2.13. The molecule has 0 aliphatic rings. The molecule has 3 aromatic rings. The van der Waals surface area contributed by atoms with Crippen LogP contribution in [0.5, 0.6) is 11.5 Å². The number of nitrogens with zero attached hydrogens (tertiary/aromatic N) is 1. The molecule has 0 saturated heterocycles. The number of allylic oxidation sites excluding steroid dienone is 1. The summed E-state index contributed by atoms with van der Waals surface area (Å²) in [5.74, 6) is -0.817. The summed E-state index contributed by atoms with van der Waals surface area (Å²) in [7, 11) is 1.36. The van der Waals surface area contributed by atoms with Gasteiger partial charge in [0, 0.05) is 6.42 Å². The summed E-state index contributed by atoms with van der Waals surface area (Å²) in [6, 6.07) is 12.2. The van der Waals surface area contributed by atoms with Crippen LogP contribution in [0, 0.1) is 0 Å². The number of aromatic nitrogens is 1. The van der Waals surface area contributed by atoms with Crippen LogP contribution >= 0.6 is 11.3 Å². The van der Waals surface area contributed by atoms with E-state index in [1.54, 1.807) is 18.2 Å². The maximum Gasteiger partial charge on any atom is 0.387 e. The molecule has 1 heterocycles. The second kappa shape index (κ2) is 8.79. The van der Waals surface area contributed by atoms with Crippen molar-refractivity contribution in [3.63, 3.8) is 0 Å². The second-order valence-corrected chi connectivity index (χ2v) is 6.87. The van der Waals surface area contributed by atoms with Crippen molar-refractivity contribution in [3.05, 3.63) is 53.0 Å². The average Bonchev–Trinajstić information content (AvgIpc) is 3.09. The molecule has 5 nitrogen and oxygen atoms in total. The molecule has 1 N–H and O–H groups in total. The van der Waals surface area contributed by atoms with Crippen LogP contribution in [0.2, 0.25) is 0 Å². The Kier molecular flexibility index (Phi) is 6.20. The van der Waals surface area contributed by atoms with Gasteiger partial charge in [0.25, 0.3) is 0 Å². The maximum atomic E-state index is 12.5. The lowest BCUT2D eigenvalue weighted by molar-refractivity contribution is -0.136. The minimum Gasteiger partial charge on any atom is -0.493 e. The van der Waals surface area contributed by atoms with Gasteiger partial charge in [-0.2, -0.15) is 8.78 Å². The maximum absolute atomic E-state index is 12.5. The minimum atomic E-state index is -2.95. The van der Waals surface area contributed by atoms with E-state index in [1.165, 1.54) is 24.5 Å². The Labute approximate surface area is 163 Å². The van der Waals surface area contributed by atoms with Crippen molar-refractivity contribution in [2.45, 2.75) is 19.5 Å². The monoisotopic (exact) mass is 405 g/mol. The Morgan fingerprint density at radius 3 is 2.68 bits per heavy atom. The predicted molar refractivity (Wildman–Crippen MR) is 104 cm³/mol. The zero-order valence-electron chi connectivity index (χ0n) is 14.9. The summed E-state index contributed by atoms with van der Waals surface area (Å²) in [5.41, 5.74) is 2.24. The number of carboxylic acids is 1. The number of rotatable bonds is 8. The molecular weight excluding hydrogens is 388 g/mol. The number of hydrogen-bond donors (Lipinski definition) is 1. The van der Waals surface area contributed by atoms with Crippen molar-refractivity contribution in [2.24, 2.45) is 0 Å². The molecule has 0 saturated carbocycles. The summed E-state index contributed by atoms with van der Waals surface area (Å²) < 4.78 is 35.5. The van der Waals surface area contributed by atoms with Gasteiger partial charge in [0.15, 0.2) is 11.5 Å². The van der Waals surface area contributed by atoms with E-state index in [2.05, 4.69) is 9.72 Å². The lowest BCUT2D eigenvalue weighted by Gasteiger charge is -2.11. The van der Waals surface area contributed by atoms with E-state index in [1.807, 2.05) is 24.3 Å². The number of ether oxygens (including phenoxy) is 2. The van der Waals surface area contributed by atoms with Crippen LogP contribution in [0.25, 0.3) is 21.9 Å². The molecule has 8 heteroatoms. The number of carbonyl (C=O) groups is 1. The third-order valence-corrected chi connectivity index (χ3v) is 5.03. The number of alkyl halides is 2. The van der Waals surface area contributed by atoms with E-state index in [0.29, 0.717) is 10.6 Å². The lowest BCUT2D eigenvalue weighted by Crippen LogP contribution is -2.03. The van der Waals surface area contributed by atoms with Gasteiger partial charge >= 0.3 is 12.6 Å². The SMILES string of the molecule is COc1cc(/C=C(/CCC(=O)O)c2nc3ccccc3s2)ccc1OC(F)F. The molecule has 0 aliphatic heterocycles. The highest BCUT2D eigenvalue weighted by molar-refractivity contribution is 7.19. The summed E-state index contributed by atoms with van der Waals surface area (Å²) >= 11 is 1.47. The van der Waals surface area contributed by atoms with Crippen LogP contribution in [0.4, 0.5) is 8.78 Å². The number of aliphatic carboxylic acids is 1. The molecule has 0 radical (unpaired) electrons. The summed E-state index contributed by atoms with van der Waals surface area (Å²) in [5, 5.41) is 9.78. The first-order valence-electron chi connectivity index (χ1n) is 8.37. The van der Waals surface area contributed by atoms with Crippen LogP contribution in [0.1, 0.15) is 23.4 Å². The molecule has 0 unspecified atom stereocenters. The summed E-state index contributed by atoms with van der Waals surface area (Å²) in [6.07, 6.45) is 2.02. The molecule has 0 aliphatic carbocycles. The molecule has 0 amide bonds. The molecule has 146 valence electrons. The van der Waals surface area contributed by atoms with Crippen molar-refractivity contribution in [3.8, 4) is 11.5 Å². The third-order valence-electron chi connectivity index (χ3n) is 3.92. The van der Waals surface area contributed by atoms with Gasteiger partial charge in [0.1, 0.15) is 5.01 Å². The molecule has 0 spiro atoms. The van der Waals surface area contributed by atoms with Crippen LogP contribution in [-0.2, 0) is 4.79 Å². The van der Waals surface area contributed by atoms with Crippen LogP contribution in [0.3, 0.4) is 0 Å². The summed E-state index contributed by atoms with van der Waals surface area (Å²) in [4.78, 5) is 15.6. The molecule has 0 fully saturated rings. The third kappa shape index (κ3) is 4.83. The molecule has 0 bridgehead atoms. The highest BCUT2D eigenvalue weighted by atomic mass is 32.1. The fourth-order valence-electron chi connectivity index (χ4n) is 2.66. The Morgan fingerprint density at radius 2 is 2.00 bits per heavy atom. The van der Waals surface area contributed by atoms with Crippen molar-refractivity contribution >= 4 is 39.2 Å². The van der Waals surface area contributed by atoms with E-state index in [9.17, 15) is 13.6 Å². The van der Waals surface area contributed by atoms with E-state index in [4.69, 9.17) is 9.84 Å². The van der Waals surface area contributed by atoms with Gasteiger partial charge < -0.3 is 14.6 Å². The second-order valence-electron chi connectivity index (χ2n) is 5.84. The topological polar surface area (TPSA) is 68.7 Å². The molecule has 3 rings (SSSR count). The van der Waals surface area contributed by atoms with Crippen LogP contribution < -0.4 is 9.47 Å². The lowest BCUT2D eigenvalue weighted by atomic mass is 10.1. The number of hydrogen-bond acceptors (Lipinski definition) is 5. The zero-order chi connectivity index (χ0) is 20.1. The first kappa shape index (κ1) is 19.8. The van der Waals surface area contributed by atoms with E-state index in [0.717, 1.165) is 15.8 Å². The number of benzene rings is 2. The number of methoxy groups -OCH3 is 1. The minimum absolute atomic E-state index is 0.0501. The molecule has 28 heavy (non-hydrogen) atoms. The van der Waals surface area contributed by atoms with Gasteiger partial charge in [-0.1, -0.05) is 18.2 Å². The van der Waals surface area contributed by atoms with E-state index in [-0.39, 0.29) is 24.3 Å². The summed E-state index contributed by atoms with van der Waals surface area (Å²) in [6.45, 7) is -2.95. The number of halogens is 2. The van der Waals surface area contributed by atoms with Crippen LogP contribution in [0.15, 0.2) is 42.5 Å². The highest BCUT2D eigenvalue weighted by Crippen LogP contribution is 2.34. The van der Waals surface area contributed by atoms with E-state index >= 15 is 0 Å². The van der Waals surface area contributed by atoms with Gasteiger partial charge in [0.2, 0.25) is 0 Å². The molecule has 1 aromatic heterocycles. The van der Waals surface area contributed by atoms with Crippen LogP contribution in [-0.4, -0.2) is 29.8 Å². The zero-order valence-corrected chi connectivity index (χ0v) is 15.7. The predicted octanol–water partition coefficient (Wildman–Crippen LogP) is 5.31. The normalized spacial score (nSPS) is 11.8. The first-order chi connectivity index (χ1) is 13.5. The Hall–Kier alpha value is -3.00. The quantitative estimate of drug-likeness (QED) is 0.550. The molecule has 0 atom stereocenters.